The lowest BCUT2D eigenvalue weighted by atomic mass is 9.90. The Morgan fingerprint density at radius 1 is 0.923 bits per heavy atom. The number of benzene rings is 3. The fraction of sp³-hybridized carbons (Fsp3) is 0.182. The molecule has 3 aromatic carbocycles. The first-order valence-electron chi connectivity index (χ1n) is 8.67. The second-order valence-corrected chi connectivity index (χ2v) is 6.93. The van der Waals surface area contributed by atoms with Crippen LogP contribution in [0.1, 0.15) is 23.6 Å². The van der Waals surface area contributed by atoms with E-state index in [0.29, 0.717) is 0 Å². The second kappa shape index (κ2) is 5.99. The molecule has 4 nitrogen and oxygen atoms in total. The average Bonchev–Trinajstić information content (AvgIpc) is 2.87. The highest BCUT2D eigenvalue weighted by atomic mass is 16.2. The molecule has 0 aromatic heterocycles. The summed E-state index contributed by atoms with van der Waals surface area (Å²) in [5.74, 6) is -0.221. The van der Waals surface area contributed by atoms with Crippen LogP contribution in [0, 0.1) is 6.92 Å². The van der Waals surface area contributed by atoms with Gasteiger partial charge in [-0.15, -0.1) is 0 Å². The lowest BCUT2D eigenvalue weighted by Crippen LogP contribution is -2.40. The molecule has 3 amide bonds. The lowest BCUT2D eigenvalue weighted by molar-refractivity contribution is -0.131. The Morgan fingerprint density at radius 3 is 2.38 bits per heavy atom. The molecule has 1 heterocycles. The summed E-state index contributed by atoms with van der Waals surface area (Å²) in [5, 5.41) is 5.04. The lowest BCUT2D eigenvalue weighted by Gasteiger charge is -2.23. The number of fused-ring (bicyclic) bond motifs is 1. The van der Waals surface area contributed by atoms with Crippen LogP contribution < -0.4 is 5.32 Å². The van der Waals surface area contributed by atoms with E-state index in [4.69, 9.17) is 0 Å². The summed E-state index contributed by atoms with van der Waals surface area (Å²) in [6, 6.07) is 21.3. The maximum Gasteiger partial charge on any atom is 0.325 e. The second-order valence-electron chi connectivity index (χ2n) is 6.93. The first kappa shape index (κ1) is 16.3. The summed E-state index contributed by atoms with van der Waals surface area (Å²) in [7, 11) is 0. The summed E-state index contributed by atoms with van der Waals surface area (Å²) < 4.78 is 0. The normalized spacial score (nSPS) is 19.8. The van der Waals surface area contributed by atoms with Gasteiger partial charge in [0.1, 0.15) is 5.54 Å². The molecule has 1 saturated heterocycles. The standard InChI is InChI=1S/C22H20N2O2/c1-15-7-3-4-10-18(15)14-24-20(25)22(2,23-21(24)26)19-12-11-16-8-5-6-9-17(16)13-19/h3-13H,14H2,1-2H3,(H,23,26)/t22-/m0/s1. The van der Waals surface area contributed by atoms with E-state index in [0.717, 1.165) is 27.5 Å². The molecule has 0 bridgehead atoms. The van der Waals surface area contributed by atoms with Crippen LogP contribution in [0.25, 0.3) is 10.8 Å². The zero-order valence-electron chi connectivity index (χ0n) is 14.8. The average molecular weight is 344 g/mol. The fourth-order valence-corrected chi connectivity index (χ4v) is 3.49. The molecule has 4 heteroatoms. The van der Waals surface area contributed by atoms with Crippen LogP contribution in [0.15, 0.2) is 66.7 Å². The molecule has 1 aliphatic heterocycles. The molecule has 3 aromatic rings. The van der Waals surface area contributed by atoms with Crippen molar-refractivity contribution in [2.75, 3.05) is 0 Å². The first-order valence-corrected chi connectivity index (χ1v) is 8.67. The van der Waals surface area contributed by atoms with Gasteiger partial charge < -0.3 is 5.32 Å². The van der Waals surface area contributed by atoms with Crippen molar-refractivity contribution in [2.45, 2.75) is 25.9 Å². The number of hydrogen-bond donors (Lipinski definition) is 1. The topological polar surface area (TPSA) is 49.4 Å². The molecule has 0 saturated carbocycles. The minimum absolute atomic E-state index is 0.221. The van der Waals surface area contributed by atoms with Crippen LogP contribution in [0.4, 0.5) is 4.79 Å². The Kier molecular flexibility index (Phi) is 3.76. The van der Waals surface area contributed by atoms with E-state index in [9.17, 15) is 9.59 Å². The third kappa shape index (κ3) is 2.54. The number of urea groups is 1. The summed E-state index contributed by atoms with van der Waals surface area (Å²) >= 11 is 0. The van der Waals surface area contributed by atoms with E-state index in [1.54, 1.807) is 6.92 Å². The Hall–Kier alpha value is -3.14. The number of rotatable bonds is 3. The van der Waals surface area contributed by atoms with E-state index < -0.39 is 5.54 Å². The number of nitrogens with one attached hydrogen (secondary N) is 1. The number of amides is 3. The largest absolute Gasteiger partial charge is 0.325 e. The van der Waals surface area contributed by atoms with Gasteiger partial charge in [-0.2, -0.15) is 0 Å². The van der Waals surface area contributed by atoms with Gasteiger partial charge in [-0.1, -0.05) is 60.7 Å². The number of nitrogens with zero attached hydrogens (tertiary/aromatic N) is 1. The minimum Gasteiger partial charge on any atom is -0.319 e. The highest BCUT2D eigenvalue weighted by molar-refractivity contribution is 6.07. The predicted octanol–water partition coefficient (Wildman–Crippen LogP) is 4.12. The molecule has 4 rings (SSSR count). The number of imide groups is 1. The molecule has 1 aliphatic rings. The molecule has 0 aliphatic carbocycles. The molecular formula is C22H20N2O2. The van der Waals surface area contributed by atoms with Crippen molar-refractivity contribution in [3.8, 4) is 0 Å². The summed E-state index contributed by atoms with van der Waals surface area (Å²) in [4.78, 5) is 27.0. The highest BCUT2D eigenvalue weighted by Crippen LogP contribution is 2.32. The van der Waals surface area contributed by atoms with Crippen LogP contribution in [0.2, 0.25) is 0 Å². The molecule has 1 N–H and O–H groups in total. The SMILES string of the molecule is Cc1ccccc1CN1C(=O)N[C@@](C)(c2ccc3ccccc3c2)C1=O. The van der Waals surface area contributed by atoms with Crippen LogP contribution in [0.5, 0.6) is 0 Å². The number of aryl methyl sites for hydroxylation is 1. The molecule has 0 radical (unpaired) electrons. The Bertz CT molecular complexity index is 1030. The Balaban J connectivity index is 1.69. The molecule has 26 heavy (non-hydrogen) atoms. The van der Waals surface area contributed by atoms with Gasteiger partial charge in [-0.25, -0.2) is 4.79 Å². The van der Waals surface area contributed by atoms with Crippen molar-refractivity contribution < 1.29 is 9.59 Å². The fourth-order valence-electron chi connectivity index (χ4n) is 3.49. The quantitative estimate of drug-likeness (QED) is 0.727. The van der Waals surface area contributed by atoms with Crippen molar-refractivity contribution in [3.05, 3.63) is 83.4 Å². The molecule has 130 valence electrons. The number of hydrogen-bond acceptors (Lipinski definition) is 2. The van der Waals surface area contributed by atoms with Crippen molar-refractivity contribution in [2.24, 2.45) is 0 Å². The molecule has 1 atom stereocenters. The summed E-state index contributed by atoms with van der Waals surface area (Å²) in [6.07, 6.45) is 0. The van der Waals surface area contributed by atoms with Crippen LogP contribution in [-0.2, 0) is 16.9 Å². The predicted molar refractivity (Wildman–Crippen MR) is 102 cm³/mol. The smallest absolute Gasteiger partial charge is 0.319 e. The first-order chi connectivity index (χ1) is 12.5. The third-order valence-corrected chi connectivity index (χ3v) is 5.19. The zero-order chi connectivity index (χ0) is 18.3. The van der Waals surface area contributed by atoms with E-state index in [1.165, 1.54) is 4.90 Å². The van der Waals surface area contributed by atoms with Gasteiger partial charge in [0.05, 0.1) is 6.54 Å². The zero-order valence-corrected chi connectivity index (χ0v) is 14.8. The monoisotopic (exact) mass is 344 g/mol. The van der Waals surface area contributed by atoms with Gasteiger partial charge in [0.2, 0.25) is 0 Å². The Morgan fingerprint density at radius 2 is 1.62 bits per heavy atom. The maximum atomic E-state index is 13.1. The van der Waals surface area contributed by atoms with E-state index in [-0.39, 0.29) is 18.5 Å². The van der Waals surface area contributed by atoms with Crippen molar-refractivity contribution >= 4 is 22.7 Å². The number of carbonyl (C=O) groups excluding carboxylic acids is 2. The van der Waals surface area contributed by atoms with Crippen LogP contribution in [0.3, 0.4) is 0 Å². The van der Waals surface area contributed by atoms with Crippen molar-refractivity contribution in [3.63, 3.8) is 0 Å². The molecular weight excluding hydrogens is 324 g/mol. The van der Waals surface area contributed by atoms with Gasteiger partial charge in [0.25, 0.3) is 5.91 Å². The molecule has 1 fully saturated rings. The summed E-state index contributed by atoms with van der Waals surface area (Å²) in [5.41, 5.74) is 1.78. The van der Waals surface area contributed by atoms with Gasteiger partial charge in [-0.3, -0.25) is 9.69 Å². The van der Waals surface area contributed by atoms with Gasteiger partial charge in [0.15, 0.2) is 0 Å². The van der Waals surface area contributed by atoms with Gasteiger partial charge in [0, 0.05) is 0 Å². The van der Waals surface area contributed by atoms with Crippen LogP contribution in [-0.4, -0.2) is 16.8 Å². The third-order valence-electron chi connectivity index (χ3n) is 5.19. The molecule has 0 unspecified atom stereocenters. The highest BCUT2D eigenvalue weighted by Gasteiger charge is 2.48. The number of carbonyl (C=O) groups is 2. The minimum atomic E-state index is -1.05. The van der Waals surface area contributed by atoms with Gasteiger partial charge >= 0.3 is 6.03 Å². The maximum absolute atomic E-state index is 13.1. The summed E-state index contributed by atoms with van der Waals surface area (Å²) in [6.45, 7) is 4.03. The van der Waals surface area contributed by atoms with Gasteiger partial charge in [-0.05, 0) is 47.4 Å². The van der Waals surface area contributed by atoms with E-state index in [1.807, 2.05) is 73.7 Å². The van der Waals surface area contributed by atoms with E-state index in [2.05, 4.69) is 5.32 Å². The van der Waals surface area contributed by atoms with Crippen molar-refractivity contribution in [1.82, 2.24) is 10.2 Å². The Labute approximate surface area is 152 Å². The van der Waals surface area contributed by atoms with Crippen LogP contribution >= 0.6 is 0 Å². The van der Waals surface area contributed by atoms with Crippen molar-refractivity contribution in [1.29, 1.82) is 0 Å². The molecule has 0 spiro atoms. The van der Waals surface area contributed by atoms with E-state index >= 15 is 0 Å².